The van der Waals surface area contributed by atoms with Crippen molar-refractivity contribution in [3.05, 3.63) is 65.2 Å². The van der Waals surface area contributed by atoms with Crippen LogP contribution in [0.2, 0.25) is 0 Å². The smallest absolute Gasteiger partial charge is 0.324 e. The Morgan fingerprint density at radius 2 is 1.54 bits per heavy atom. The van der Waals surface area contributed by atoms with E-state index in [1.807, 2.05) is 24.4 Å². The molecule has 1 aromatic heterocycles. The fourth-order valence-corrected chi connectivity index (χ4v) is 3.57. The zero-order valence-corrected chi connectivity index (χ0v) is 17.1. The number of aromatic nitrogens is 1. The molecule has 0 aliphatic carbocycles. The summed E-state index contributed by atoms with van der Waals surface area (Å²) in [6.07, 6.45) is 8.87. The second-order valence-electron chi connectivity index (χ2n) is 7.12. The van der Waals surface area contributed by atoms with Crippen molar-refractivity contribution in [2.75, 3.05) is 12.7 Å². The molecule has 154 valence electrons. The summed E-state index contributed by atoms with van der Waals surface area (Å²) < 4.78 is 23.6. The lowest BCUT2D eigenvalue weighted by Gasteiger charge is -2.07. The second-order valence-corrected chi connectivity index (χ2v) is 8.89. The predicted molar refractivity (Wildman–Crippen MR) is 110 cm³/mol. The Balaban J connectivity index is 1.53. The molecule has 0 bridgehead atoms. The molecule has 0 spiro atoms. The topological polar surface area (TPSA) is 82.5 Å². The highest BCUT2D eigenvalue weighted by Crippen LogP contribution is 2.34. The fraction of sp³-hybridized carbons (Fsp3) is 0.476. The van der Waals surface area contributed by atoms with E-state index in [9.17, 15) is 8.96 Å². The quantitative estimate of drug-likeness (QED) is 0.341. The molecule has 0 unspecified atom stereocenters. The Kier molecular flexibility index (Phi) is 9.79. The van der Waals surface area contributed by atoms with Crippen LogP contribution in [-0.4, -0.2) is 27.5 Å². The van der Waals surface area contributed by atoms with Crippen molar-refractivity contribution in [1.82, 2.24) is 10.3 Å². The number of hydrogen-bond donors (Lipinski definition) is 3. The summed E-state index contributed by atoms with van der Waals surface area (Å²) in [6.45, 7) is 1.16. The molecule has 2 rings (SSSR count). The highest BCUT2D eigenvalue weighted by Gasteiger charge is 2.11. The van der Waals surface area contributed by atoms with Gasteiger partial charge in [0.2, 0.25) is 0 Å². The Bertz CT molecular complexity index is 732. The Hall–Kier alpha value is -1.59. The molecular formula is C21H30FN2O3P. The van der Waals surface area contributed by atoms with Gasteiger partial charge in [-0.05, 0) is 68.0 Å². The zero-order chi connectivity index (χ0) is 20.2. The van der Waals surface area contributed by atoms with Crippen LogP contribution in [0.25, 0.3) is 0 Å². The number of nitrogens with zero attached hydrogens (tertiary/aromatic N) is 1. The van der Waals surface area contributed by atoms with Crippen molar-refractivity contribution >= 4 is 7.60 Å². The summed E-state index contributed by atoms with van der Waals surface area (Å²) in [7, 11) is -3.89. The van der Waals surface area contributed by atoms with E-state index in [1.54, 1.807) is 0 Å². The third kappa shape index (κ3) is 10.1. The lowest BCUT2D eigenvalue weighted by atomic mass is 10.0. The number of halogens is 1. The van der Waals surface area contributed by atoms with Crippen LogP contribution in [0.3, 0.4) is 0 Å². The van der Waals surface area contributed by atoms with E-state index in [0.29, 0.717) is 19.5 Å². The highest BCUT2D eigenvalue weighted by atomic mass is 31.2. The minimum atomic E-state index is -3.89. The van der Waals surface area contributed by atoms with Crippen molar-refractivity contribution in [2.45, 2.75) is 51.5 Å². The number of hydrogen-bond acceptors (Lipinski definition) is 3. The molecular weight excluding hydrogens is 378 g/mol. The molecule has 0 amide bonds. The van der Waals surface area contributed by atoms with E-state index in [-0.39, 0.29) is 12.0 Å². The maximum Gasteiger partial charge on any atom is 0.325 e. The van der Waals surface area contributed by atoms with E-state index >= 15 is 0 Å². The van der Waals surface area contributed by atoms with Gasteiger partial charge >= 0.3 is 7.60 Å². The van der Waals surface area contributed by atoms with E-state index in [4.69, 9.17) is 9.79 Å². The number of nitrogens with one attached hydrogen (secondary N) is 1. The Morgan fingerprint density at radius 3 is 2.14 bits per heavy atom. The monoisotopic (exact) mass is 408 g/mol. The van der Waals surface area contributed by atoms with E-state index < -0.39 is 7.60 Å². The molecule has 0 atom stereocenters. The van der Waals surface area contributed by atoms with Crippen LogP contribution in [0.5, 0.6) is 0 Å². The van der Waals surface area contributed by atoms with Crippen molar-refractivity contribution in [3.63, 3.8) is 0 Å². The van der Waals surface area contributed by atoms with Gasteiger partial charge in [0.15, 0.2) is 0 Å². The first-order chi connectivity index (χ1) is 13.4. The molecule has 1 aromatic carbocycles. The van der Waals surface area contributed by atoms with Gasteiger partial charge in [-0.3, -0.25) is 9.55 Å². The number of aryl methyl sites for hydroxylation is 2. The molecule has 0 saturated carbocycles. The minimum Gasteiger partial charge on any atom is -0.324 e. The molecule has 3 N–H and O–H groups in total. The van der Waals surface area contributed by atoms with Crippen molar-refractivity contribution in [3.8, 4) is 0 Å². The average molecular weight is 408 g/mol. The van der Waals surface area contributed by atoms with Gasteiger partial charge in [-0.15, -0.1) is 0 Å². The Morgan fingerprint density at radius 1 is 0.893 bits per heavy atom. The average Bonchev–Trinajstić information content (AvgIpc) is 2.66. The third-order valence-corrected chi connectivity index (χ3v) is 5.49. The largest absolute Gasteiger partial charge is 0.325 e. The number of pyridine rings is 1. The molecule has 0 radical (unpaired) electrons. The van der Waals surface area contributed by atoms with Gasteiger partial charge in [0.25, 0.3) is 0 Å². The van der Waals surface area contributed by atoms with Gasteiger partial charge in [0, 0.05) is 12.7 Å². The van der Waals surface area contributed by atoms with Crippen LogP contribution in [0.15, 0.2) is 42.6 Å². The minimum absolute atomic E-state index is 0.0870. The van der Waals surface area contributed by atoms with Gasteiger partial charge in [0.1, 0.15) is 5.82 Å². The summed E-state index contributed by atoms with van der Waals surface area (Å²) in [5.41, 5.74) is 3.35. The van der Waals surface area contributed by atoms with E-state index in [1.165, 1.54) is 36.1 Å². The van der Waals surface area contributed by atoms with Crippen molar-refractivity contribution in [1.29, 1.82) is 0 Å². The molecule has 7 heteroatoms. The van der Waals surface area contributed by atoms with Crippen molar-refractivity contribution < 1.29 is 18.7 Å². The van der Waals surface area contributed by atoms with Gasteiger partial charge in [-0.2, -0.15) is 0 Å². The zero-order valence-electron chi connectivity index (χ0n) is 16.2. The standard InChI is InChI=1S/C21H30FN2O3P/c22-20-11-8-18(9-12-20)6-3-1-2-4-7-19-10-13-21(24-16-19)17-23-14-5-15-28(25,26)27/h8-13,16,23H,1-7,14-15,17H2,(H2,25,26,27). The van der Waals surface area contributed by atoms with E-state index in [0.717, 1.165) is 31.4 Å². The maximum atomic E-state index is 12.9. The van der Waals surface area contributed by atoms with Crippen LogP contribution in [0.4, 0.5) is 4.39 Å². The van der Waals surface area contributed by atoms with Crippen LogP contribution in [-0.2, 0) is 24.0 Å². The summed E-state index contributed by atoms with van der Waals surface area (Å²) in [5.74, 6) is -0.181. The number of benzene rings is 1. The first kappa shape index (κ1) is 22.7. The summed E-state index contributed by atoms with van der Waals surface area (Å²) in [4.78, 5) is 22.0. The second kappa shape index (κ2) is 12.1. The SMILES string of the molecule is O=P(O)(O)CCCNCc1ccc(CCCCCCc2ccc(F)cc2)cn1. The fourth-order valence-electron chi connectivity index (χ4n) is 3.00. The third-order valence-electron chi connectivity index (χ3n) is 4.59. The molecule has 0 aliphatic heterocycles. The highest BCUT2D eigenvalue weighted by molar-refractivity contribution is 7.51. The van der Waals surface area contributed by atoms with Crippen LogP contribution in [0.1, 0.15) is 48.9 Å². The van der Waals surface area contributed by atoms with Crippen LogP contribution < -0.4 is 5.32 Å². The van der Waals surface area contributed by atoms with Gasteiger partial charge in [-0.1, -0.05) is 31.0 Å². The molecule has 28 heavy (non-hydrogen) atoms. The predicted octanol–water partition coefficient (Wildman–Crippen LogP) is 4.22. The normalized spacial score (nSPS) is 11.7. The van der Waals surface area contributed by atoms with Gasteiger partial charge < -0.3 is 15.1 Å². The van der Waals surface area contributed by atoms with Crippen molar-refractivity contribution in [2.24, 2.45) is 0 Å². The Labute approximate surface area is 166 Å². The summed E-state index contributed by atoms with van der Waals surface area (Å²) >= 11 is 0. The van der Waals surface area contributed by atoms with Crippen LogP contribution in [0, 0.1) is 5.82 Å². The van der Waals surface area contributed by atoms with Gasteiger partial charge in [0.05, 0.1) is 11.9 Å². The molecule has 2 aromatic rings. The first-order valence-corrected chi connectivity index (χ1v) is 11.7. The van der Waals surface area contributed by atoms with Gasteiger partial charge in [-0.25, -0.2) is 4.39 Å². The molecule has 1 heterocycles. The number of rotatable bonds is 13. The lowest BCUT2D eigenvalue weighted by molar-refractivity contribution is 0.371. The summed E-state index contributed by atoms with van der Waals surface area (Å²) in [6, 6.07) is 10.8. The van der Waals surface area contributed by atoms with E-state index in [2.05, 4.69) is 16.4 Å². The van der Waals surface area contributed by atoms with Crippen LogP contribution >= 0.6 is 7.60 Å². The first-order valence-electron chi connectivity index (χ1n) is 9.86. The number of unbranched alkanes of at least 4 members (excludes halogenated alkanes) is 3. The maximum absolute atomic E-state index is 12.9. The molecule has 5 nitrogen and oxygen atoms in total. The summed E-state index contributed by atoms with van der Waals surface area (Å²) in [5, 5.41) is 3.15. The molecule has 0 aliphatic rings. The molecule has 0 saturated heterocycles. The molecule has 0 fully saturated rings. The lowest BCUT2D eigenvalue weighted by Crippen LogP contribution is -2.16.